The quantitative estimate of drug-likeness (QED) is 0.816. The van der Waals surface area contributed by atoms with Gasteiger partial charge in [-0.25, -0.2) is 4.39 Å². The summed E-state index contributed by atoms with van der Waals surface area (Å²) in [4.78, 5) is 0. The zero-order chi connectivity index (χ0) is 15.4. The number of phenolic OH excluding ortho intramolecular Hbond substituents is 1. The molecule has 2 N–H and O–H groups in total. The summed E-state index contributed by atoms with van der Waals surface area (Å²) in [6.07, 6.45) is 0.862. The zero-order valence-corrected chi connectivity index (χ0v) is 12.9. The van der Waals surface area contributed by atoms with Crippen LogP contribution in [0.5, 0.6) is 5.75 Å². The Balaban J connectivity index is 2.20. The van der Waals surface area contributed by atoms with Gasteiger partial charge in [0.1, 0.15) is 11.6 Å². The molecule has 0 aliphatic heterocycles. The molecule has 0 bridgehead atoms. The van der Waals surface area contributed by atoms with Crippen molar-refractivity contribution in [1.29, 1.82) is 0 Å². The molecule has 2 unspecified atom stereocenters. The summed E-state index contributed by atoms with van der Waals surface area (Å²) >= 11 is 6.03. The number of rotatable bonds is 5. The first-order valence-electron chi connectivity index (χ1n) is 7.01. The van der Waals surface area contributed by atoms with Crippen molar-refractivity contribution in [2.75, 3.05) is 0 Å². The first kappa shape index (κ1) is 15.8. The van der Waals surface area contributed by atoms with E-state index in [4.69, 9.17) is 11.6 Å². The van der Waals surface area contributed by atoms with Gasteiger partial charge in [-0.2, -0.15) is 0 Å². The van der Waals surface area contributed by atoms with Gasteiger partial charge in [0.05, 0.1) is 0 Å². The Morgan fingerprint density at radius 3 is 2.67 bits per heavy atom. The van der Waals surface area contributed by atoms with Crippen LogP contribution in [-0.2, 0) is 0 Å². The van der Waals surface area contributed by atoms with Gasteiger partial charge in [0.2, 0.25) is 0 Å². The Kier molecular flexibility index (Phi) is 5.21. The lowest BCUT2D eigenvalue weighted by Crippen LogP contribution is -2.24. The van der Waals surface area contributed by atoms with Gasteiger partial charge in [-0.1, -0.05) is 30.7 Å². The molecule has 4 heteroatoms. The highest BCUT2D eigenvalue weighted by Gasteiger charge is 2.17. The van der Waals surface area contributed by atoms with Crippen molar-refractivity contribution in [2.45, 2.75) is 32.4 Å². The molecule has 112 valence electrons. The molecule has 0 fully saturated rings. The summed E-state index contributed by atoms with van der Waals surface area (Å²) in [5.74, 6) is -0.260. The smallest absolute Gasteiger partial charge is 0.123 e. The predicted molar refractivity (Wildman–Crippen MR) is 84.1 cm³/mol. The van der Waals surface area contributed by atoms with Crippen LogP contribution < -0.4 is 5.32 Å². The van der Waals surface area contributed by atoms with Crippen LogP contribution in [0.15, 0.2) is 42.5 Å². The zero-order valence-electron chi connectivity index (χ0n) is 12.1. The van der Waals surface area contributed by atoms with E-state index in [0.29, 0.717) is 10.6 Å². The normalized spacial score (nSPS) is 13.9. The molecule has 2 rings (SSSR count). The molecule has 0 saturated heterocycles. The van der Waals surface area contributed by atoms with Gasteiger partial charge >= 0.3 is 0 Å². The van der Waals surface area contributed by atoms with E-state index in [-0.39, 0.29) is 23.7 Å². The number of halogens is 2. The van der Waals surface area contributed by atoms with Crippen LogP contribution in [0.2, 0.25) is 5.02 Å². The van der Waals surface area contributed by atoms with Gasteiger partial charge in [0.15, 0.2) is 0 Å². The van der Waals surface area contributed by atoms with Crippen LogP contribution in [0.4, 0.5) is 4.39 Å². The van der Waals surface area contributed by atoms with Crippen LogP contribution >= 0.6 is 11.6 Å². The van der Waals surface area contributed by atoms with Crippen molar-refractivity contribution >= 4 is 11.6 Å². The van der Waals surface area contributed by atoms with Gasteiger partial charge in [0.25, 0.3) is 0 Å². The Hall–Kier alpha value is -1.58. The second kappa shape index (κ2) is 6.92. The molecule has 2 nitrogen and oxygen atoms in total. The van der Waals surface area contributed by atoms with Crippen molar-refractivity contribution in [2.24, 2.45) is 0 Å². The Morgan fingerprint density at radius 1 is 1.24 bits per heavy atom. The molecule has 0 heterocycles. The standard InChI is InChI=1S/C17H19ClFNO/c1-3-16(12-5-4-6-13(18)9-12)20-11(2)15-10-14(19)7-8-17(15)21/h4-11,16,20-21H,3H2,1-2H3. The monoisotopic (exact) mass is 307 g/mol. The second-order valence-corrected chi connectivity index (χ2v) is 5.54. The maximum absolute atomic E-state index is 13.3. The van der Waals surface area contributed by atoms with Crippen molar-refractivity contribution in [1.82, 2.24) is 5.32 Å². The molecule has 0 aliphatic rings. The minimum atomic E-state index is -0.354. The summed E-state index contributed by atoms with van der Waals surface area (Å²) in [5.41, 5.74) is 1.63. The molecular formula is C17H19ClFNO. The van der Waals surface area contributed by atoms with Gasteiger partial charge in [0, 0.05) is 22.7 Å². The van der Waals surface area contributed by atoms with Crippen molar-refractivity contribution in [3.63, 3.8) is 0 Å². The van der Waals surface area contributed by atoms with E-state index in [1.54, 1.807) is 0 Å². The van der Waals surface area contributed by atoms with Crippen molar-refractivity contribution in [3.8, 4) is 5.75 Å². The molecule has 21 heavy (non-hydrogen) atoms. The van der Waals surface area contributed by atoms with E-state index in [2.05, 4.69) is 12.2 Å². The minimum absolute atomic E-state index is 0.0846. The topological polar surface area (TPSA) is 32.3 Å². The Labute approximate surface area is 129 Å². The van der Waals surface area contributed by atoms with Gasteiger partial charge in [-0.3, -0.25) is 0 Å². The van der Waals surface area contributed by atoms with E-state index in [0.717, 1.165) is 12.0 Å². The predicted octanol–water partition coefficient (Wildman–Crippen LogP) is 4.99. The molecule has 0 aliphatic carbocycles. The van der Waals surface area contributed by atoms with Crippen molar-refractivity contribution in [3.05, 3.63) is 64.4 Å². The molecule has 0 spiro atoms. The maximum atomic E-state index is 13.3. The van der Waals surface area contributed by atoms with Crippen molar-refractivity contribution < 1.29 is 9.50 Å². The van der Waals surface area contributed by atoms with Crippen LogP contribution in [0.3, 0.4) is 0 Å². The average Bonchev–Trinajstić information content (AvgIpc) is 2.47. The molecule has 0 radical (unpaired) electrons. The van der Waals surface area contributed by atoms with Gasteiger partial charge in [-0.15, -0.1) is 0 Å². The summed E-state index contributed by atoms with van der Waals surface area (Å²) in [5, 5.41) is 14.0. The van der Waals surface area contributed by atoms with Crippen LogP contribution in [0, 0.1) is 5.82 Å². The van der Waals surface area contributed by atoms with E-state index in [1.807, 2.05) is 31.2 Å². The van der Waals surface area contributed by atoms with E-state index >= 15 is 0 Å². The highest BCUT2D eigenvalue weighted by atomic mass is 35.5. The fourth-order valence-corrected chi connectivity index (χ4v) is 2.64. The van der Waals surface area contributed by atoms with E-state index in [1.165, 1.54) is 18.2 Å². The summed E-state index contributed by atoms with van der Waals surface area (Å²) in [6.45, 7) is 3.97. The Bertz CT molecular complexity index is 617. The number of hydrogen-bond donors (Lipinski definition) is 2. The summed E-state index contributed by atoms with van der Waals surface area (Å²) < 4.78 is 13.3. The molecule has 2 aromatic rings. The lowest BCUT2D eigenvalue weighted by atomic mass is 10.0. The number of hydrogen-bond acceptors (Lipinski definition) is 2. The fourth-order valence-electron chi connectivity index (χ4n) is 2.44. The number of phenols is 1. The largest absolute Gasteiger partial charge is 0.508 e. The number of benzene rings is 2. The molecular weight excluding hydrogens is 289 g/mol. The third-order valence-corrected chi connectivity index (χ3v) is 3.80. The van der Waals surface area contributed by atoms with Gasteiger partial charge < -0.3 is 10.4 Å². The first-order valence-corrected chi connectivity index (χ1v) is 7.39. The molecule has 0 saturated carbocycles. The SMILES string of the molecule is CCC(NC(C)c1cc(F)ccc1O)c1cccc(Cl)c1. The third-order valence-electron chi connectivity index (χ3n) is 3.57. The third kappa shape index (κ3) is 3.96. The molecule has 2 atom stereocenters. The lowest BCUT2D eigenvalue weighted by Gasteiger charge is -2.24. The fraction of sp³-hybridized carbons (Fsp3) is 0.294. The second-order valence-electron chi connectivity index (χ2n) is 5.11. The number of nitrogens with one attached hydrogen (secondary N) is 1. The average molecular weight is 308 g/mol. The minimum Gasteiger partial charge on any atom is -0.508 e. The van der Waals surface area contributed by atoms with E-state index < -0.39 is 0 Å². The summed E-state index contributed by atoms with van der Waals surface area (Å²) in [6, 6.07) is 11.6. The summed E-state index contributed by atoms with van der Waals surface area (Å²) in [7, 11) is 0. The first-order chi connectivity index (χ1) is 10.0. The molecule has 0 aromatic heterocycles. The highest BCUT2D eigenvalue weighted by molar-refractivity contribution is 6.30. The lowest BCUT2D eigenvalue weighted by molar-refractivity contribution is 0.421. The van der Waals surface area contributed by atoms with Gasteiger partial charge in [-0.05, 0) is 49.2 Å². The highest BCUT2D eigenvalue weighted by Crippen LogP contribution is 2.28. The van der Waals surface area contributed by atoms with Crippen LogP contribution in [0.25, 0.3) is 0 Å². The molecule has 0 amide bonds. The van der Waals surface area contributed by atoms with Crippen LogP contribution in [0.1, 0.15) is 43.5 Å². The van der Waals surface area contributed by atoms with E-state index in [9.17, 15) is 9.50 Å². The van der Waals surface area contributed by atoms with Crippen LogP contribution in [-0.4, -0.2) is 5.11 Å². The maximum Gasteiger partial charge on any atom is 0.123 e. The Morgan fingerprint density at radius 2 is 2.00 bits per heavy atom. The number of aromatic hydroxyl groups is 1. The molecule has 2 aromatic carbocycles.